The number of carbonyl (C=O) groups is 2. The predicted octanol–water partition coefficient (Wildman–Crippen LogP) is 3.66. The van der Waals surface area contributed by atoms with Crippen molar-refractivity contribution in [3.05, 3.63) is 29.3 Å². The molecule has 0 bridgehead atoms. The van der Waals surface area contributed by atoms with Crippen LogP contribution >= 0.6 is 11.3 Å². The lowest BCUT2D eigenvalue weighted by atomic mass is 9.90. The number of nitrogens with one attached hydrogen (secondary N) is 1. The van der Waals surface area contributed by atoms with Crippen LogP contribution in [-0.2, 0) is 16.0 Å². The fraction of sp³-hybridized carbons (Fsp3) is 0.476. The first kappa shape index (κ1) is 21.1. The van der Waals surface area contributed by atoms with Gasteiger partial charge in [-0.15, -0.1) is 11.3 Å². The predicted molar refractivity (Wildman–Crippen MR) is 111 cm³/mol. The zero-order valence-electron chi connectivity index (χ0n) is 16.7. The van der Waals surface area contributed by atoms with Crippen molar-refractivity contribution >= 4 is 23.2 Å². The summed E-state index contributed by atoms with van der Waals surface area (Å²) in [6, 6.07) is 5.53. The highest BCUT2D eigenvalue weighted by atomic mass is 32.1. The Morgan fingerprint density at radius 2 is 1.83 bits per heavy atom. The summed E-state index contributed by atoms with van der Waals surface area (Å²) in [7, 11) is 3.15. The molecule has 1 aromatic carbocycles. The monoisotopic (exact) mass is 418 g/mol. The van der Waals surface area contributed by atoms with Gasteiger partial charge in [0.25, 0.3) is 0 Å². The Balaban J connectivity index is 1.71. The van der Waals surface area contributed by atoms with Crippen molar-refractivity contribution in [1.29, 1.82) is 0 Å². The summed E-state index contributed by atoms with van der Waals surface area (Å²) in [5.41, 5.74) is 0.326. The second-order valence-electron chi connectivity index (χ2n) is 7.24. The normalized spacial score (nSPS) is 15.9. The van der Waals surface area contributed by atoms with Crippen LogP contribution in [0.1, 0.15) is 44.2 Å². The molecule has 1 aliphatic rings. The van der Waals surface area contributed by atoms with Gasteiger partial charge in [0.1, 0.15) is 10.5 Å². The summed E-state index contributed by atoms with van der Waals surface area (Å²) >= 11 is 1.43. The number of rotatable bonds is 7. The number of carbonyl (C=O) groups excluding carboxylic acids is 1. The highest BCUT2D eigenvalue weighted by Crippen LogP contribution is 2.33. The van der Waals surface area contributed by atoms with Crippen molar-refractivity contribution in [1.82, 2.24) is 10.3 Å². The summed E-state index contributed by atoms with van der Waals surface area (Å²) in [6.45, 7) is 0. The van der Waals surface area contributed by atoms with Crippen LogP contribution in [0.2, 0.25) is 0 Å². The van der Waals surface area contributed by atoms with Crippen molar-refractivity contribution < 1.29 is 24.2 Å². The van der Waals surface area contributed by atoms with E-state index in [4.69, 9.17) is 9.47 Å². The molecule has 0 unspecified atom stereocenters. The molecule has 1 heterocycles. The third kappa shape index (κ3) is 4.87. The van der Waals surface area contributed by atoms with Crippen LogP contribution in [0.5, 0.6) is 11.5 Å². The summed E-state index contributed by atoms with van der Waals surface area (Å²) in [5.74, 6) is -0.0125. The van der Waals surface area contributed by atoms with Gasteiger partial charge >= 0.3 is 5.97 Å². The first-order valence-electron chi connectivity index (χ1n) is 9.68. The minimum atomic E-state index is -1.16. The highest BCUT2D eigenvalue weighted by molar-refractivity contribution is 7.13. The number of carboxylic acids is 1. The van der Waals surface area contributed by atoms with Gasteiger partial charge < -0.3 is 19.9 Å². The van der Waals surface area contributed by atoms with Crippen molar-refractivity contribution in [2.45, 2.75) is 50.5 Å². The number of methoxy groups -OCH3 is 2. The average Bonchev–Trinajstić information content (AvgIpc) is 3.04. The quantitative estimate of drug-likeness (QED) is 0.666. The number of aromatic nitrogens is 1. The van der Waals surface area contributed by atoms with Gasteiger partial charge in [-0.25, -0.2) is 9.78 Å². The highest BCUT2D eigenvalue weighted by Gasteiger charge is 2.40. The standard InChI is InChI=1S/C21H26N2O5S/c1-27-16-8-7-14(11-17(16)28-2)19-22-15(13-29-19)12-18(24)23-21(20(25)26)9-5-3-4-6-10-21/h7-8,11,13H,3-6,9-10,12H2,1-2H3,(H,23,24)(H,25,26). The summed E-state index contributed by atoms with van der Waals surface area (Å²) in [4.78, 5) is 29.0. The van der Waals surface area contributed by atoms with Crippen LogP contribution in [0.25, 0.3) is 10.6 Å². The van der Waals surface area contributed by atoms with Crippen LogP contribution in [0.4, 0.5) is 0 Å². The minimum absolute atomic E-state index is 0.0544. The first-order valence-corrected chi connectivity index (χ1v) is 10.6. The molecule has 2 N–H and O–H groups in total. The van der Waals surface area contributed by atoms with E-state index in [2.05, 4.69) is 10.3 Å². The third-order valence-electron chi connectivity index (χ3n) is 5.27. The molecule has 1 amide bonds. The van der Waals surface area contributed by atoms with Crippen LogP contribution in [0.15, 0.2) is 23.6 Å². The number of benzene rings is 1. The van der Waals surface area contributed by atoms with E-state index in [-0.39, 0.29) is 12.3 Å². The van der Waals surface area contributed by atoms with Crippen molar-refractivity contribution in [3.8, 4) is 22.1 Å². The van der Waals surface area contributed by atoms with E-state index >= 15 is 0 Å². The van der Waals surface area contributed by atoms with E-state index in [1.165, 1.54) is 11.3 Å². The molecule has 156 valence electrons. The summed E-state index contributed by atoms with van der Waals surface area (Å²) in [5, 5.41) is 15.1. The number of aliphatic carboxylic acids is 1. The molecular formula is C21H26N2O5S. The topological polar surface area (TPSA) is 97.8 Å². The molecular weight excluding hydrogens is 392 g/mol. The van der Waals surface area contributed by atoms with Crippen LogP contribution < -0.4 is 14.8 Å². The Kier molecular flexibility index (Phi) is 6.74. The maximum Gasteiger partial charge on any atom is 0.329 e. The van der Waals surface area contributed by atoms with Gasteiger partial charge in [-0.3, -0.25) is 4.79 Å². The minimum Gasteiger partial charge on any atom is -0.493 e. The number of amides is 1. The van der Waals surface area contributed by atoms with Gasteiger partial charge in [0.2, 0.25) is 5.91 Å². The van der Waals surface area contributed by atoms with Gasteiger partial charge in [0, 0.05) is 10.9 Å². The fourth-order valence-electron chi connectivity index (χ4n) is 3.69. The van der Waals surface area contributed by atoms with E-state index in [0.717, 1.165) is 36.3 Å². The molecule has 1 aliphatic carbocycles. The van der Waals surface area contributed by atoms with Crippen molar-refractivity contribution in [3.63, 3.8) is 0 Å². The van der Waals surface area contributed by atoms with Crippen LogP contribution in [0, 0.1) is 0 Å². The van der Waals surface area contributed by atoms with Crippen LogP contribution in [0.3, 0.4) is 0 Å². The molecule has 29 heavy (non-hydrogen) atoms. The van der Waals surface area contributed by atoms with Crippen molar-refractivity contribution in [2.24, 2.45) is 0 Å². The molecule has 2 aromatic rings. The maximum absolute atomic E-state index is 12.6. The smallest absolute Gasteiger partial charge is 0.329 e. The molecule has 3 rings (SSSR count). The van der Waals surface area contributed by atoms with Gasteiger partial charge in [0.15, 0.2) is 11.5 Å². The second-order valence-corrected chi connectivity index (χ2v) is 8.10. The zero-order valence-corrected chi connectivity index (χ0v) is 17.5. The van der Waals surface area contributed by atoms with Gasteiger partial charge in [-0.05, 0) is 31.0 Å². The fourth-order valence-corrected chi connectivity index (χ4v) is 4.51. The third-order valence-corrected chi connectivity index (χ3v) is 6.21. The van der Waals surface area contributed by atoms with Crippen molar-refractivity contribution in [2.75, 3.05) is 14.2 Å². The van der Waals surface area contributed by atoms with Crippen LogP contribution in [-0.4, -0.2) is 41.7 Å². The molecule has 1 fully saturated rings. The Labute approximate surface area is 174 Å². The number of carboxylic acid groups (broad SMARTS) is 1. The molecule has 1 saturated carbocycles. The largest absolute Gasteiger partial charge is 0.493 e. The number of ether oxygens (including phenoxy) is 2. The lowest BCUT2D eigenvalue weighted by Crippen LogP contribution is -2.54. The lowest BCUT2D eigenvalue weighted by molar-refractivity contribution is -0.148. The van der Waals surface area contributed by atoms with Gasteiger partial charge in [0.05, 0.1) is 26.3 Å². The molecule has 1 aromatic heterocycles. The number of thiazole rings is 1. The van der Waals surface area contributed by atoms with E-state index in [0.29, 0.717) is 30.0 Å². The molecule has 0 atom stereocenters. The second kappa shape index (κ2) is 9.26. The van der Waals surface area contributed by atoms with E-state index in [9.17, 15) is 14.7 Å². The molecule has 0 radical (unpaired) electrons. The zero-order chi connectivity index (χ0) is 20.9. The molecule has 0 spiro atoms. The maximum atomic E-state index is 12.6. The summed E-state index contributed by atoms with van der Waals surface area (Å²) in [6.07, 6.45) is 4.64. The Bertz CT molecular complexity index is 872. The average molecular weight is 419 g/mol. The Hall–Kier alpha value is -2.61. The van der Waals surface area contributed by atoms with Gasteiger partial charge in [-0.1, -0.05) is 25.7 Å². The van der Waals surface area contributed by atoms with E-state index < -0.39 is 11.5 Å². The SMILES string of the molecule is COc1ccc(-c2nc(CC(=O)NC3(C(=O)O)CCCCCC3)cs2)cc1OC. The van der Waals surface area contributed by atoms with E-state index in [1.807, 2.05) is 23.6 Å². The molecule has 0 saturated heterocycles. The van der Waals surface area contributed by atoms with E-state index in [1.54, 1.807) is 14.2 Å². The summed E-state index contributed by atoms with van der Waals surface area (Å²) < 4.78 is 10.6. The number of hydrogen-bond acceptors (Lipinski definition) is 6. The number of hydrogen-bond donors (Lipinski definition) is 2. The molecule has 0 aliphatic heterocycles. The lowest BCUT2D eigenvalue weighted by Gasteiger charge is -2.29. The molecule has 8 heteroatoms. The molecule has 7 nitrogen and oxygen atoms in total. The first-order chi connectivity index (χ1) is 14.0. The number of nitrogens with zero attached hydrogens (tertiary/aromatic N) is 1. The Morgan fingerprint density at radius 1 is 1.14 bits per heavy atom. The van der Waals surface area contributed by atoms with Gasteiger partial charge in [-0.2, -0.15) is 0 Å². The Morgan fingerprint density at radius 3 is 2.45 bits per heavy atom.